The molecule has 164 valence electrons. The first-order chi connectivity index (χ1) is 15.4. The van der Waals surface area contributed by atoms with Crippen molar-refractivity contribution in [3.05, 3.63) is 96.3 Å². The second kappa shape index (κ2) is 9.02. The average Bonchev–Trinajstić information content (AvgIpc) is 3.09. The molecule has 6 nitrogen and oxygen atoms in total. The van der Waals surface area contributed by atoms with Gasteiger partial charge in [0.15, 0.2) is 0 Å². The van der Waals surface area contributed by atoms with E-state index >= 15 is 0 Å². The maximum atomic E-state index is 13.5. The van der Waals surface area contributed by atoms with Gasteiger partial charge in [-0.3, -0.25) is 9.59 Å². The van der Waals surface area contributed by atoms with Crippen molar-refractivity contribution < 1.29 is 22.4 Å². The molecular formula is C24H21FN2O4S. The second-order valence-corrected chi connectivity index (χ2v) is 9.32. The van der Waals surface area contributed by atoms with Crippen molar-refractivity contribution in [2.75, 3.05) is 11.4 Å². The summed E-state index contributed by atoms with van der Waals surface area (Å²) in [4.78, 5) is 26.9. The van der Waals surface area contributed by atoms with E-state index in [4.69, 9.17) is 0 Å². The van der Waals surface area contributed by atoms with Gasteiger partial charge in [0.2, 0.25) is 15.9 Å². The van der Waals surface area contributed by atoms with Gasteiger partial charge in [0.25, 0.3) is 5.91 Å². The lowest BCUT2D eigenvalue weighted by Gasteiger charge is -2.27. The van der Waals surface area contributed by atoms with Crippen molar-refractivity contribution in [1.82, 2.24) is 4.31 Å². The number of amides is 2. The average molecular weight is 453 g/mol. The lowest BCUT2D eigenvalue weighted by atomic mass is 10.1. The number of benzene rings is 3. The standard InChI is InChI=1S/C24H21FN2O4S/c25-19-11-13-20(14-12-19)27-23(28)17-22(24(27)29)26(16-15-18-7-3-1-4-8-18)32(30,31)21-9-5-2-6-10-21/h1-14,22H,15-17H2. The highest BCUT2D eigenvalue weighted by Crippen LogP contribution is 2.29. The minimum atomic E-state index is -4.05. The number of hydrogen-bond acceptors (Lipinski definition) is 4. The molecule has 1 unspecified atom stereocenters. The van der Waals surface area contributed by atoms with E-state index in [0.717, 1.165) is 26.9 Å². The van der Waals surface area contributed by atoms with Gasteiger partial charge in [-0.2, -0.15) is 4.31 Å². The van der Waals surface area contributed by atoms with Crippen molar-refractivity contribution >= 4 is 27.5 Å². The zero-order valence-electron chi connectivity index (χ0n) is 17.1. The van der Waals surface area contributed by atoms with Gasteiger partial charge in [0.05, 0.1) is 17.0 Å². The number of nitrogens with zero attached hydrogens (tertiary/aromatic N) is 2. The van der Waals surface area contributed by atoms with E-state index in [-0.39, 0.29) is 23.5 Å². The Balaban J connectivity index is 1.68. The highest BCUT2D eigenvalue weighted by atomic mass is 32.2. The second-order valence-electron chi connectivity index (χ2n) is 7.43. The summed E-state index contributed by atoms with van der Waals surface area (Å²) in [6.07, 6.45) is 0.0957. The van der Waals surface area contributed by atoms with E-state index in [1.807, 2.05) is 30.3 Å². The molecule has 0 aromatic heterocycles. The summed E-state index contributed by atoms with van der Waals surface area (Å²) in [5, 5.41) is 0. The Morgan fingerprint density at radius 2 is 1.47 bits per heavy atom. The van der Waals surface area contributed by atoms with Crippen LogP contribution >= 0.6 is 0 Å². The fourth-order valence-electron chi connectivity index (χ4n) is 3.76. The third kappa shape index (κ3) is 4.32. The number of carbonyl (C=O) groups is 2. The number of hydrogen-bond donors (Lipinski definition) is 0. The topological polar surface area (TPSA) is 74.8 Å². The van der Waals surface area contributed by atoms with E-state index in [2.05, 4.69) is 0 Å². The zero-order chi connectivity index (χ0) is 22.7. The minimum absolute atomic E-state index is 0.0299. The Labute approximate surface area is 185 Å². The number of imide groups is 1. The van der Waals surface area contributed by atoms with Gasteiger partial charge < -0.3 is 0 Å². The molecule has 1 aliphatic rings. The molecule has 1 aliphatic heterocycles. The Bertz CT molecular complexity index is 1220. The molecule has 3 aromatic carbocycles. The first-order valence-electron chi connectivity index (χ1n) is 10.1. The molecule has 0 radical (unpaired) electrons. The first-order valence-corrected chi connectivity index (χ1v) is 11.5. The van der Waals surface area contributed by atoms with Gasteiger partial charge in [0.1, 0.15) is 11.9 Å². The molecule has 1 heterocycles. The summed E-state index contributed by atoms with van der Waals surface area (Å²) in [6.45, 7) is 0.0299. The summed E-state index contributed by atoms with van der Waals surface area (Å²) in [5.74, 6) is -1.67. The van der Waals surface area contributed by atoms with Gasteiger partial charge in [-0.15, -0.1) is 0 Å². The molecule has 8 heteroatoms. The van der Waals surface area contributed by atoms with Crippen LogP contribution in [0.2, 0.25) is 0 Å². The lowest BCUT2D eigenvalue weighted by Crippen LogP contribution is -2.46. The van der Waals surface area contributed by atoms with Gasteiger partial charge in [-0.25, -0.2) is 17.7 Å². The normalized spacial score (nSPS) is 16.7. The largest absolute Gasteiger partial charge is 0.274 e. The van der Waals surface area contributed by atoms with Gasteiger partial charge in [-0.05, 0) is 48.4 Å². The predicted molar refractivity (Wildman–Crippen MR) is 118 cm³/mol. The molecule has 0 spiro atoms. The first kappa shape index (κ1) is 21.9. The summed E-state index contributed by atoms with van der Waals surface area (Å²) >= 11 is 0. The molecule has 1 saturated heterocycles. The Kier molecular flexibility index (Phi) is 6.16. The van der Waals surface area contributed by atoms with Crippen LogP contribution in [0.15, 0.2) is 89.8 Å². The van der Waals surface area contributed by atoms with Crippen LogP contribution < -0.4 is 4.90 Å². The van der Waals surface area contributed by atoms with Crippen LogP contribution in [0.1, 0.15) is 12.0 Å². The lowest BCUT2D eigenvalue weighted by molar-refractivity contribution is -0.122. The van der Waals surface area contributed by atoms with Crippen LogP contribution in [0, 0.1) is 5.82 Å². The molecule has 0 saturated carbocycles. The molecule has 0 N–H and O–H groups in total. The predicted octanol–water partition coefficient (Wildman–Crippen LogP) is 3.39. The monoisotopic (exact) mass is 452 g/mol. The van der Waals surface area contributed by atoms with E-state index < -0.39 is 33.7 Å². The summed E-state index contributed by atoms with van der Waals surface area (Å²) in [7, 11) is -4.05. The summed E-state index contributed by atoms with van der Waals surface area (Å²) < 4.78 is 41.4. The molecule has 4 rings (SSSR count). The SMILES string of the molecule is O=C1CC(N(CCc2ccccc2)S(=O)(=O)c2ccccc2)C(=O)N1c1ccc(F)cc1. The quantitative estimate of drug-likeness (QED) is 0.515. The van der Waals surface area contributed by atoms with Crippen molar-refractivity contribution in [1.29, 1.82) is 0 Å². The van der Waals surface area contributed by atoms with Crippen molar-refractivity contribution in [3.63, 3.8) is 0 Å². The number of halogens is 1. The van der Waals surface area contributed by atoms with Crippen LogP contribution in [-0.2, 0) is 26.0 Å². The van der Waals surface area contributed by atoms with E-state index in [1.54, 1.807) is 18.2 Å². The number of sulfonamides is 1. The number of anilines is 1. The maximum Gasteiger partial charge on any atom is 0.252 e. The Morgan fingerprint density at radius 1 is 0.875 bits per heavy atom. The Morgan fingerprint density at radius 3 is 2.09 bits per heavy atom. The zero-order valence-corrected chi connectivity index (χ0v) is 17.9. The van der Waals surface area contributed by atoms with E-state index in [1.165, 1.54) is 24.3 Å². The molecular weight excluding hydrogens is 431 g/mol. The smallest absolute Gasteiger partial charge is 0.252 e. The van der Waals surface area contributed by atoms with Gasteiger partial charge in [0, 0.05) is 6.54 Å². The molecule has 3 aromatic rings. The summed E-state index contributed by atoms with van der Waals surface area (Å²) in [5.41, 5.74) is 1.12. The van der Waals surface area contributed by atoms with Crippen molar-refractivity contribution in [3.8, 4) is 0 Å². The third-order valence-corrected chi connectivity index (χ3v) is 7.29. The molecule has 2 amide bonds. The fourth-order valence-corrected chi connectivity index (χ4v) is 5.36. The fraction of sp³-hybridized carbons (Fsp3) is 0.167. The molecule has 1 fully saturated rings. The van der Waals surface area contributed by atoms with E-state index in [9.17, 15) is 22.4 Å². The Hall–Kier alpha value is -3.36. The minimum Gasteiger partial charge on any atom is -0.274 e. The molecule has 0 bridgehead atoms. The van der Waals surface area contributed by atoms with Crippen LogP contribution in [0.4, 0.5) is 10.1 Å². The highest BCUT2D eigenvalue weighted by Gasteiger charge is 2.46. The van der Waals surface area contributed by atoms with E-state index in [0.29, 0.717) is 6.42 Å². The number of rotatable bonds is 7. The number of carbonyl (C=O) groups excluding carboxylic acids is 2. The maximum absolute atomic E-state index is 13.5. The van der Waals surface area contributed by atoms with Crippen molar-refractivity contribution in [2.45, 2.75) is 23.8 Å². The third-order valence-electron chi connectivity index (χ3n) is 5.37. The van der Waals surface area contributed by atoms with Gasteiger partial charge >= 0.3 is 0 Å². The summed E-state index contributed by atoms with van der Waals surface area (Å²) in [6, 6.07) is 20.9. The highest BCUT2D eigenvalue weighted by molar-refractivity contribution is 7.89. The van der Waals surface area contributed by atoms with Gasteiger partial charge in [-0.1, -0.05) is 48.5 Å². The van der Waals surface area contributed by atoms with Crippen LogP contribution in [0.5, 0.6) is 0 Å². The van der Waals surface area contributed by atoms with Crippen LogP contribution in [0.3, 0.4) is 0 Å². The van der Waals surface area contributed by atoms with Crippen LogP contribution in [0.25, 0.3) is 0 Å². The molecule has 0 aliphatic carbocycles. The molecule has 1 atom stereocenters. The van der Waals surface area contributed by atoms with Crippen LogP contribution in [-0.4, -0.2) is 37.1 Å². The molecule has 32 heavy (non-hydrogen) atoms. The van der Waals surface area contributed by atoms with Crippen molar-refractivity contribution in [2.24, 2.45) is 0 Å².